The monoisotopic (exact) mass is 261 g/mol. The zero-order valence-corrected chi connectivity index (χ0v) is 11.3. The van der Waals surface area contributed by atoms with Gasteiger partial charge in [0.2, 0.25) is 0 Å². The lowest BCUT2D eigenvalue weighted by Crippen LogP contribution is -2.16. The Morgan fingerprint density at radius 1 is 1.47 bits per heavy atom. The molecule has 1 unspecified atom stereocenters. The second-order valence-corrected chi connectivity index (χ2v) is 4.75. The predicted octanol–water partition coefficient (Wildman–Crippen LogP) is 3.22. The summed E-state index contributed by atoms with van der Waals surface area (Å²) >= 11 is 0. The molecule has 0 aliphatic carbocycles. The van der Waals surface area contributed by atoms with Gasteiger partial charge in [-0.3, -0.25) is 4.79 Å². The van der Waals surface area contributed by atoms with E-state index >= 15 is 0 Å². The number of hydrogen-bond acceptors (Lipinski definition) is 2. The lowest BCUT2D eigenvalue weighted by molar-refractivity contribution is -0.141. The SMILES string of the molecule is CCCC(Cc1c[nH]c2ccc(OC)cc12)C(=O)O. The highest BCUT2D eigenvalue weighted by Gasteiger charge is 2.18. The minimum absolute atomic E-state index is 0.324. The van der Waals surface area contributed by atoms with Gasteiger partial charge >= 0.3 is 5.97 Å². The molecule has 2 aromatic rings. The van der Waals surface area contributed by atoms with Crippen molar-refractivity contribution < 1.29 is 14.6 Å². The van der Waals surface area contributed by atoms with Gasteiger partial charge in [-0.25, -0.2) is 0 Å². The van der Waals surface area contributed by atoms with Crippen molar-refractivity contribution in [2.24, 2.45) is 5.92 Å². The molecule has 0 radical (unpaired) electrons. The number of carboxylic acids is 1. The first-order chi connectivity index (χ1) is 9.15. The molecule has 0 aliphatic rings. The van der Waals surface area contributed by atoms with Gasteiger partial charge in [0.15, 0.2) is 0 Å². The summed E-state index contributed by atoms with van der Waals surface area (Å²) in [5, 5.41) is 10.3. The third-order valence-corrected chi connectivity index (χ3v) is 3.43. The summed E-state index contributed by atoms with van der Waals surface area (Å²) in [6, 6.07) is 5.79. The largest absolute Gasteiger partial charge is 0.497 e. The fraction of sp³-hybridized carbons (Fsp3) is 0.400. The minimum atomic E-state index is -0.723. The van der Waals surface area contributed by atoms with Crippen molar-refractivity contribution in [3.8, 4) is 5.75 Å². The summed E-state index contributed by atoms with van der Waals surface area (Å²) in [6.07, 6.45) is 4.03. The van der Waals surface area contributed by atoms with Crippen LogP contribution in [-0.4, -0.2) is 23.2 Å². The molecule has 0 saturated carbocycles. The topological polar surface area (TPSA) is 62.3 Å². The maximum atomic E-state index is 11.2. The summed E-state index contributed by atoms with van der Waals surface area (Å²) < 4.78 is 5.22. The van der Waals surface area contributed by atoms with Crippen LogP contribution >= 0.6 is 0 Å². The zero-order valence-electron chi connectivity index (χ0n) is 11.3. The quantitative estimate of drug-likeness (QED) is 0.839. The Morgan fingerprint density at radius 2 is 2.26 bits per heavy atom. The van der Waals surface area contributed by atoms with E-state index in [0.717, 1.165) is 28.6 Å². The van der Waals surface area contributed by atoms with Crippen LogP contribution in [0.4, 0.5) is 0 Å². The van der Waals surface area contributed by atoms with E-state index in [0.29, 0.717) is 12.8 Å². The molecule has 1 atom stereocenters. The molecule has 0 amide bonds. The molecule has 0 saturated heterocycles. The smallest absolute Gasteiger partial charge is 0.306 e. The van der Waals surface area contributed by atoms with E-state index in [2.05, 4.69) is 4.98 Å². The third-order valence-electron chi connectivity index (χ3n) is 3.43. The van der Waals surface area contributed by atoms with Crippen LogP contribution in [0.2, 0.25) is 0 Å². The summed E-state index contributed by atoms with van der Waals surface area (Å²) in [5.41, 5.74) is 2.05. The minimum Gasteiger partial charge on any atom is -0.497 e. The van der Waals surface area contributed by atoms with Gasteiger partial charge in [0.1, 0.15) is 5.75 Å². The number of methoxy groups -OCH3 is 1. The number of carbonyl (C=O) groups is 1. The number of aliphatic carboxylic acids is 1. The first-order valence-corrected chi connectivity index (χ1v) is 6.52. The number of rotatable bonds is 6. The Morgan fingerprint density at radius 3 is 2.89 bits per heavy atom. The molecule has 19 heavy (non-hydrogen) atoms. The van der Waals surface area contributed by atoms with Gasteiger partial charge in [-0.15, -0.1) is 0 Å². The van der Waals surface area contributed by atoms with E-state index < -0.39 is 5.97 Å². The van der Waals surface area contributed by atoms with Crippen molar-refractivity contribution in [1.29, 1.82) is 0 Å². The molecule has 4 nitrogen and oxygen atoms in total. The standard InChI is InChI=1S/C15H19NO3/c1-3-4-10(15(17)18)7-11-9-16-14-6-5-12(19-2)8-13(11)14/h5-6,8-10,16H,3-4,7H2,1-2H3,(H,17,18). The maximum absolute atomic E-state index is 11.2. The average Bonchev–Trinajstić information content (AvgIpc) is 2.80. The molecule has 1 heterocycles. The highest BCUT2D eigenvalue weighted by Crippen LogP contribution is 2.26. The van der Waals surface area contributed by atoms with Gasteiger partial charge in [-0.2, -0.15) is 0 Å². The number of hydrogen-bond donors (Lipinski definition) is 2. The van der Waals surface area contributed by atoms with Gasteiger partial charge in [0.25, 0.3) is 0 Å². The van der Waals surface area contributed by atoms with Crippen LogP contribution in [0.15, 0.2) is 24.4 Å². The summed E-state index contributed by atoms with van der Waals surface area (Å²) in [6.45, 7) is 2.01. The molecule has 2 N–H and O–H groups in total. The molecule has 2 rings (SSSR count). The van der Waals surface area contributed by atoms with E-state index in [9.17, 15) is 9.90 Å². The third kappa shape index (κ3) is 2.89. The molecule has 0 fully saturated rings. The van der Waals surface area contributed by atoms with Crippen LogP contribution in [0.1, 0.15) is 25.3 Å². The highest BCUT2D eigenvalue weighted by molar-refractivity contribution is 5.85. The molecular formula is C15H19NO3. The van der Waals surface area contributed by atoms with Crippen LogP contribution in [0, 0.1) is 5.92 Å². The summed E-state index contributed by atoms with van der Waals surface area (Å²) in [7, 11) is 1.63. The Kier molecular flexibility index (Phi) is 4.10. The van der Waals surface area contributed by atoms with Gasteiger partial charge in [-0.05, 0) is 36.6 Å². The number of carboxylic acid groups (broad SMARTS) is 1. The van der Waals surface area contributed by atoms with E-state index in [1.54, 1.807) is 7.11 Å². The van der Waals surface area contributed by atoms with Crippen LogP contribution < -0.4 is 4.74 Å². The fourth-order valence-electron chi connectivity index (χ4n) is 2.38. The van der Waals surface area contributed by atoms with E-state index in [1.807, 2.05) is 31.3 Å². The average molecular weight is 261 g/mol. The van der Waals surface area contributed by atoms with Crippen molar-refractivity contribution in [3.63, 3.8) is 0 Å². The maximum Gasteiger partial charge on any atom is 0.306 e. The predicted molar refractivity (Wildman–Crippen MR) is 74.6 cm³/mol. The lowest BCUT2D eigenvalue weighted by atomic mass is 9.95. The van der Waals surface area contributed by atoms with Crippen molar-refractivity contribution in [2.75, 3.05) is 7.11 Å². The van der Waals surface area contributed by atoms with E-state index in [4.69, 9.17) is 4.74 Å². The number of ether oxygens (including phenoxy) is 1. The molecule has 4 heteroatoms. The van der Waals surface area contributed by atoms with Crippen molar-refractivity contribution in [1.82, 2.24) is 4.98 Å². The molecule has 0 bridgehead atoms. The first kappa shape index (κ1) is 13.5. The second kappa shape index (κ2) is 5.78. The molecule has 1 aromatic heterocycles. The second-order valence-electron chi connectivity index (χ2n) is 4.75. The highest BCUT2D eigenvalue weighted by atomic mass is 16.5. The van der Waals surface area contributed by atoms with Crippen molar-refractivity contribution in [3.05, 3.63) is 30.0 Å². The Balaban J connectivity index is 2.31. The molecule has 1 aromatic carbocycles. The number of aromatic amines is 1. The van der Waals surface area contributed by atoms with Crippen molar-refractivity contribution in [2.45, 2.75) is 26.2 Å². The number of nitrogens with one attached hydrogen (secondary N) is 1. The summed E-state index contributed by atoms with van der Waals surface area (Å²) in [4.78, 5) is 14.4. The normalized spacial score (nSPS) is 12.5. The molecular weight excluding hydrogens is 242 g/mol. The van der Waals surface area contributed by atoms with Crippen LogP contribution in [-0.2, 0) is 11.2 Å². The number of H-pyrrole nitrogens is 1. The Bertz CT molecular complexity index is 574. The zero-order chi connectivity index (χ0) is 13.8. The van der Waals surface area contributed by atoms with Gasteiger partial charge in [0.05, 0.1) is 13.0 Å². The summed E-state index contributed by atoms with van der Waals surface area (Å²) in [5.74, 6) is -0.259. The number of aromatic nitrogens is 1. The molecule has 102 valence electrons. The Labute approximate surface area is 112 Å². The van der Waals surface area contributed by atoms with E-state index in [1.165, 1.54) is 0 Å². The van der Waals surface area contributed by atoms with Crippen LogP contribution in [0.3, 0.4) is 0 Å². The van der Waals surface area contributed by atoms with Gasteiger partial charge in [0, 0.05) is 17.1 Å². The van der Waals surface area contributed by atoms with E-state index in [-0.39, 0.29) is 5.92 Å². The lowest BCUT2D eigenvalue weighted by Gasteiger charge is -2.10. The van der Waals surface area contributed by atoms with Gasteiger partial charge in [-0.1, -0.05) is 13.3 Å². The first-order valence-electron chi connectivity index (χ1n) is 6.52. The molecule has 0 aliphatic heterocycles. The van der Waals surface area contributed by atoms with Crippen LogP contribution in [0.25, 0.3) is 10.9 Å². The number of benzene rings is 1. The fourth-order valence-corrected chi connectivity index (χ4v) is 2.38. The molecule has 0 spiro atoms. The van der Waals surface area contributed by atoms with Gasteiger partial charge < -0.3 is 14.8 Å². The van der Waals surface area contributed by atoms with Crippen LogP contribution in [0.5, 0.6) is 5.75 Å². The number of fused-ring (bicyclic) bond motifs is 1. The Hall–Kier alpha value is -1.97. The van der Waals surface area contributed by atoms with Crippen molar-refractivity contribution >= 4 is 16.9 Å².